The van der Waals surface area contributed by atoms with Gasteiger partial charge in [0.2, 0.25) is 0 Å². The fourth-order valence-electron chi connectivity index (χ4n) is 2.64. The van der Waals surface area contributed by atoms with Gasteiger partial charge < -0.3 is 20.5 Å². The molecule has 2 atom stereocenters. The molecule has 0 heterocycles. The van der Waals surface area contributed by atoms with Crippen LogP contribution in [0.25, 0.3) is 0 Å². The Morgan fingerprint density at radius 2 is 2.11 bits per heavy atom. The third-order valence-electron chi connectivity index (χ3n) is 4.05. The maximum absolute atomic E-state index is 5.87. The van der Waals surface area contributed by atoms with E-state index < -0.39 is 0 Å². The van der Waals surface area contributed by atoms with Crippen molar-refractivity contribution >= 4 is 11.4 Å². The van der Waals surface area contributed by atoms with Crippen LogP contribution in [0, 0.1) is 5.41 Å². The molecule has 0 aromatic heterocycles. The topological polar surface area (TPSA) is 56.5 Å². The monoisotopic (exact) mass is 264 g/mol. The van der Waals surface area contributed by atoms with E-state index in [1.54, 1.807) is 7.11 Å². The Morgan fingerprint density at radius 3 is 2.68 bits per heavy atom. The molecule has 4 heteroatoms. The van der Waals surface area contributed by atoms with E-state index in [2.05, 4.69) is 19.2 Å². The lowest BCUT2D eigenvalue weighted by atomic mass is 9.64. The second-order valence-electron chi connectivity index (χ2n) is 5.69. The number of nitrogens with one attached hydrogen (secondary N) is 1. The van der Waals surface area contributed by atoms with E-state index in [4.69, 9.17) is 15.2 Å². The van der Waals surface area contributed by atoms with Crippen LogP contribution < -0.4 is 15.8 Å². The van der Waals surface area contributed by atoms with Gasteiger partial charge in [-0.15, -0.1) is 0 Å². The molecule has 1 aromatic carbocycles. The zero-order chi connectivity index (χ0) is 14.0. The molecule has 2 rings (SSSR count). The molecule has 1 aliphatic carbocycles. The molecular weight excluding hydrogens is 240 g/mol. The lowest BCUT2D eigenvalue weighted by molar-refractivity contribution is -0.0975. The van der Waals surface area contributed by atoms with Crippen LogP contribution in [0.5, 0.6) is 5.75 Å². The summed E-state index contributed by atoms with van der Waals surface area (Å²) < 4.78 is 11.0. The van der Waals surface area contributed by atoms with E-state index in [0.29, 0.717) is 17.8 Å². The summed E-state index contributed by atoms with van der Waals surface area (Å²) in [4.78, 5) is 0. The summed E-state index contributed by atoms with van der Waals surface area (Å²) in [6, 6.07) is 6.13. The van der Waals surface area contributed by atoms with Gasteiger partial charge in [-0.1, -0.05) is 13.8 Å². The van der Waals surface area contributed by atoms with E-state index in [-0.39, 0.29) is 5.41 Å². The van der Waals surface area contributed by atoms with Crippen molar-refractivity contribution < 1.29 is 9.47 Å². The summed E-state index contributed by atoms with van der Waals surface area (Å²) in [5.74, 6) is 0.779. The van der Waals surface area contributed by atoms with Gasteiger partial charge in [-0.3, -0.25) is 0 Å². The van der Waals surface area contributed by atoms with Crippen LogP contribution in [-0.2, 0) is 4.74 Å². The van der Waals surface area contributed by atoms with Crippen LogP contribution >= 0.6 is 0 Å². The summed E-state index contributed by atoms with van der Waals surface area (Å²) in [6.07, 6.45) is 1.36. The van der Waals surface area contributed by atoms with Gasteiger partial charge in [-0.2, -0.15) is 0 Å². The molecule has 19 heavy (non-hydrogen) atoms. The molecule has 1 saturated carbocycles. The SMILES string of the molecule is CCOC1CC(Nc2cc(N)cc(OC)c2)C1(C)C. The molecular formula is C15H24N2O2. The Morgan fingerprint density at radius 1 is 1.37 bits per heavy atom. The van der Waals surface area contributed by atoms with Crippen molar-refractivity contribution in [1.82, 2.24) is 0 Å². The van der Waals surface area contributed by atoms with Crippen LogP contribution in [0.15, 0.2) is 18.2 Å². The number of rotatable bonds is 5. The summed E-state index contributed by atoms with van der Waals surface area (Å²) in [6.45, 7) is 7.28. The molecule has 1 aromatic rings. The standard InChI is InChI=1S/C15H24N2O2/c1-5-19-14-9-13(15(14,2)3)17-11-6-10(16)7-12(8-11)18-4/h6-8,13-14,17H,5,9,16H2,1-4H3. The normalized spacial score (nSPS) is 24.6. The molecule has 1 fully saturated rings. The number of nitrogens with two attached hydrogens (primary N) is 1. The first kappa shape index (κ1) is 14.0. The van der Waals surface area contributed by atoms with Gasteiger partial charge in [-0.05, 0) is 19.4 Å². The van der Waals surface area contributed by atoms with Gasteiger partial charge in [0.05, 0.1) is 13.2 Å². The average Bonchev–Trinajstić information content (AvgIpc) is 2.37. The fraction of sp³-hybridized carbons (Fsp3) is 0.600. The van der Waals surface area contributed by atoms with Gasteiger partial charge in [-0.25, -0.2) is 0 Å². The first-order valence-corrected chi connectivity index (χ1v) is 6.80. The maximum atomic E-state index is 5.87. The van der Waals surface area contributed by atoms with Crippen molar-refractivity contribution in [3.05, 3.63) is 18.2 Å². The van der Waals surface area contributed by atoms with Crippen molar-refractivity contribution in [1.29, 1.82) is 0 Å². The van der Waals surface area contributed by atoms with E-state index in [0.717, 1.165) is 24.5 Å². The predicted octanol–water partition coefficient (Wildman–Crippen LogP) is 2.89. The van der Waals surface area contributed by atoms with Gasteiger partial charge in [0.1, 0.15) is 5.75 Å². The van der Waals surface area contributed by atoms with Crippen LogP contribution in [0.1, 0.15) is 27.2 Å². The van der Waals surface area contributed by atoms with E-state index >= 15 is 0 Å². The zero-order valence-corrected chi connectivity index (χ0v) is 12.2. The molecule has 0 aliphatic heterocycles. The molecule has 2 unspecified atom stereocenters. The highest BCUT2D eigenvalue weighted by Crippen LogP contribution is 2.44. The van der Waals surface area contributed by atoms with Crippen LogP contribution in [0.3, 0.4) is 0 Å². The number of methoxy groups -OCH3 is 1. The lowest BCUT2D eigenvalue weighted by Crippen LogP contribution is -2.58. The van der Waals surface area contributed by atoms with Crippen molar-refractivity contribution in [2.75, 3.05) is 24.8 Å². The number of benzene rings is 1. The molecule has 4 nitrogen and oxygen atoms in total. The smallest absolute Gasteiger partial charge is 0.122 e. The molecule has 3 N–H and O–H groups in total. The Bertz CT molecular complexity index is 446. The summed E-state index contributed by atoms with van der Waals surface area (Å²) in [7, 11) is 1.65. The molecule has 106 valence electrons. The van der Waals surface area contributed by atoms with Crippen LogP contribution in [0.4, 0.5) is 11.4 Å². The molecule has 0 radical (unpaired) electrons. The van der Waals surface area contributed by atoms with Crippen molar-refractivity contribution in [2.24, 2.45) is 5.41 Å². The van der Waals surface area contributed by atoms with E-state index in [1.165, 1.54) is 0 Å². The fourth-order valence-corrected chi connectivity index (χ4v) is 2.64. The largest absolute Gasteiger partial charge is 0.497 e. The van der Waals surface area contributed by atoms with Crippen molar-refractivity contribution in [2.45, 2.75) is 39.3 Å². The first-order valence-electron chi connectivity index (χ1n) is 6.80. The Balaban J connectivity index is 2.05. The molecule has 1 aliphatic rings. The minimum Gasteiger partial charge on any atom is -0.497 e. The molecule has 0 spiro atoms. The minimum absolute atomic E-state index is 0.133. The Labute approximate surface area is 115 Å². The minimum atomic E-state index is 0.133. The highest BCUT2D eigenvalue weighted by molar-refractivity contribution is 5.60. The predicted molar refractivity (Wildman–Crippen MR) is 78.6 cm³/mol. The van der Waals surface area contributed by atoms with Crippen molar-refractivity contribution in [3.63, 3.8) is 0 Å². The van der Waals surface area contributed by atoms with Gasteiger partial charge >= 0.3 is 0 Å². The summed E-state index contributed by atoms with van der Waals surface area (Å²) in [5.41, 5.74) is 7.71. The quantitative estimate of drug-likeness (QED) is 0.803. The number of hydrogen-bond donors (Lipinski definition) is 2. The highest BCUT2D eigenvalue weighted by Gasteiger charge is 2.48. The summed E-state index contributed by atoms with van der Waals surface area (Å²) >= 11 is 0. The number of ether oxygens (including phenoxy) is 2. The van der Waals surface area contributed by atoms with Crippen LogP contribution in [-0.4, -0.2) is 25.9 Å². The summed E-state index contributed by atoms with van der Waals surface area (Å²) in [5, 5.41) is 3.53. The van der Waals surface area contributed by atoms with E-state index in [1.807, 2.05) is 25.1 Å². The van der Waals surface area contributed by atoms with Gasteiger partial charge in [0.25, 0.3) is 0 Å². The zero-order valence-electron chi connectivity index (χ0n) is 12.2. The molecule has 0 amide bonds. The third kappa shape index (κ3) is 2.78. The second-order valence-corrected chi connectivity index (χ2v) is 5.69. The average molecular weight is 264 g/mol. The number of nitrogen functional groups attached to an aromatic ring is 1. The Kier molecular flexibility index (Phi) is 3.90. The molecule has 0 saturated heterocycles. The highest BCUT2D eigenvalue weighted by atomic mass is 16.5. The van der Waals surface area contributed by atoms with E-state index in [9.17, 15) is 0 Å². The molecule has 0 bridgehead atoms. The Hall–Kier alpha value is -1.42. The van der Waals surface area contributed by atoms with Crippen molar-refractivity contribution in [3.8, 4) is 5.75 Å². The number of anilines is 2. The third-order valence-corrected chi connectivity index (χ3v) is 4.05. The maximum Gasteiger partial charge on any atom is 0.122 e. The second kappa shape index (κ2) is 5.29. The van der Waals surface area contributed by atoms with Gasteiger partial charge in [0.15, 0.2) is 0 Å². The van der Waals surface area contributed by atoms with Crippen LogP contribution in [0.2, 0.25) is 0 Å². The number of hydrogen-bond acceptors (Lipinski definition) is 4. The lowest BCUT2D eigenvalue weighted by Gasteiger charge is -2.52. The van der Waals surface area contributed by atoms with Gasteiger partial charge in [0, 0.05) is 41.6 Å². The first-order chi connectivity index (χ1) is 8.97.